The summed E-state index contributed by atoms with van der Waals surface area (Å²) in [5, 5.41) is 9.88. The van der Waals surface area contributed by atoms with Crippen molar-refractivity contribution in [2.75, 3.05) is 19.4 Å². The molecule has 0 aliphatic carbocycles. The van der Waals surface area contributed by atoms with Crippen LogP contribution in [0.3, 0.4) is 0 Å². The average molecular weight is 326 g/mol. The van der Waals surface area contributed by atoms with E-state index in [4.69, 9.17) is 14.2 Å². The molecule has 122 valence electrons. The van der Waals surface area contributed by atoms with Crippen molar-refractivity contribution in [3.63, 3.8) is 0 Å². The van der Waals surface area contributed by atoms with Gasteiger partial charge in [-0.25, -0.2) is 4.79 Å². The lowest BCUT2D eigenvalue weighted by Gasteiger charge is -2.21. The number of hydrogen-bond donors (Lipinski definition) is 1. The maximum Gasteiger partial charge on any atom is 0.338 e. The van der Waals surface area contributed by atoms with Gasteiger partial charge in [0.1, 0.15) is 5.85 Å². The summed E-state index contributed by atoms with van der Waals surface area (Å²) < 4.78 is 16.4. The molecule has 0 bridgehead atoms. The number of benzene rings is 1. The van der Waals surface area contributed by atoms with E-state index in [2.05, 4.69) is 0 Å². The molecule has 3 atom stereocenters. The second-order valence-corrected chi connectivity index (χ2v) is 8.32. The summed E-state index contributed by atoms with van der Waals surface area (Å²) >= 11 is 0. The van der Waals surface area contributed by atoms with Crippen LogP contribution in [0.5, 0.6) is 0 Å². The van der Waals surface area contributed by atoms with Crippen molar-refractivity contribution in [3.05, 3.63) is 35.4 Å². The topological polar surface area (TPSA) is 65.0 Å². The molecule has 1 aromatic carbocycles. The molecular weight excluding hydrogens is 303 g/mol. The zero-order valence-electron chi connectivity index (χ0n) is 13.4. The predicted octanol–water partition coefficient (Wildman–Crippen LogP) is 2.69. The number of carbonyl (C=O) groups is 1. The minimum atomic E-state index is -0.918. The zero-order chi connectivity index (χ0) is 16.3. The minimum Gasteiger partial charge on any atom is -0.462 e. The second kappa shape index (κ2) is 7.05. The molecule has 1 aromatic rings. The lowest BCUT2D eigenvalue weighted by Crippen LogP contribution is -2.22. The molecule has 0 radical (unpaired) electrons. The molecule has 6 heteroatoms. The van der Waals surface area contributed by atoms with Gasteiger partial charge in [-0.15, -0.1) is 0 Å². The molecule has 22 heavy (non-hydrogen) atoms. The lowest BCUT2D eigenvalue weighted by molar-refractivity contribution is -0.174. The number of ether oxygens (including phenoxy) is 3. The van der Waals surface area contributed by atoms with E-state index in [0.717, 1.165) is 5.56 Å². The van der Waals surface area contributed by atoms with Crippen LogP contribution in [-0.2, 0) is 14.2 Å². The molecule has 0 aromatic heterocycles. The molecule has 2 rings (SSSR count). The van der Waals surface area contributed by atoms with Crippen LogP contribution in [0.15, 0.2) is 24.3 Å². The highest BCUT2D eigenvalue weighted by atomic mass is 31.1. The van der Waals surface area contributed by atoms with Crippen LogP contribution in [0.1, 0.15) is 29.8 Å². The normalized spacial score (nSPS) is 25.0. The van der Waals surface area contributed by atoms with Crippen LogP contribution in [0.2, 0.25) is 0 Å². The Balaban J connectivity index is 1.81. The van der Waals surface area contributed by atoms with E-state index < -0.39 is 20.0 Å². The maximum atomic E-state index is 12.0. The van der Waals surface area contributed by atoms with E-state index in [0.29, 0.717) is 18.3 Å². The number of hydrogen-bond acceptors (Lipinski definition) is 5. The quantitative estimate of drug-likeness (QED) is 0.666. The Kier molecular flexibility index (Phi) is 5.56. The third-order valence-corrected chi connectivity index (χ3v) is 5.65. The molecule has 0 saturated carbocycles. The number of aliphatic hydroxyl groups excluding tert-OH is 1. The first-order valence-electron chi connectivity index (χ1n) is 7.27. The SMILES string of the molecule is Cc1ccccc1C(=O)OCCP(C)C1OC(C)(C)OC1O. The number of carbonyl (C=O) groups excluding carboxylic acids is 1. The number of esters is 1. The summed E-state index contributed by atoms with van der Waals surface area (Å²) in [6.45, 7) is 7.75. The van der Waals surface area contributed by atoms with Crippen LogP contribution in [0.25, 0.3) is 0 Å². The minimum absolute atomic E-state index is 0.308. The van der Waals surface area contributed by atoms with Gasteiger partial charge in [-0.05, 0) is 39.1 Å². The van der Waals surface area contributed by atoms with Gasteiger partial charge in [0, 0.05) is 6.16 Å². The fourth-order valence-corrected chi connectivity index (χ4v) is 3.89. The van der Waals surface area contributed by atoms with E-state index >= 15 is 0 Å². The van der Waals surface area contributed by atoms with Gasteiger partial charge in [-0.3, -0.25) is 0 Å². The Morgan fingerprint density at radius 1 is 1.36 bits per heavy atom. The Morgan fingerprint density at radius 3 is 2.64 bits per heavy atom. The standard InChI is InChI=1S/C16H23O5P/c1-11-7-5-6-8-12(11)13(17)19-9-10-22(4)15-14(18)20-16(2,3)21-15/h5-8,14-15,18H,9-10H2,1-4H3. The van der Waals surface area contributed by atoms with Crippen molar-refractivity contribution in [2.24, 2.45) is 0 Å². The molecule has 1 aliphatic heterocycles. The first kappa shape index (κ1) is 17.4. The highest BCUT2D eigenvalue weighted by Crippen LogP contribution is 2.46. The molecule has 0 spiro atoms. The van der Waals surface area contributed by atoms with Crippen molar-refractivity contribution in [1.82, 2.24) is 0 Å². The van der Waals surface area contributed by atoms with Gasteiger partial charge in [0.05, 0.1) is 12.2 Å². The van der Waals surface area contributed by atoms with Gasteiger partial charge in [0.2, 0.25) is 0 Å². The van der Waals surface area contributed by atoms with Gasteiger partial charge >= 0.3 is 5.97 Å². The molecule has 1 heterocycles. The first-order valence-corrected chi connectivity index (χ1v) is 9.31. The van der Waals surface area contributed by atoms with E-state index in [1.807, 2.05) is 31.8 Å². The fourth-order valence-electron chi connectivity index (χ4n) is 2.32. The molecule has 0 amide bonds. The average Bonchev–Trinajstić information content (AvgIpc) is 2.72. The molecule has 1 saturated heterocycles. The number of rotatable bonds is 5. The summed E-state index contributed by atoms with van der Waals surface area (Å²) in [4.78, 5) is 12.0. The van der Waals surface area contributed by atoms with Crippen LogP contribution in [0.4, 0.5) is 0 Å². The Bertz CT molecular complexity index is 531. The fraction of sp³-hybridized carbons (Fsp3) is 0.562. The van der Waals surface area contributed by atoms with Gasteiger partial charge in [0.25, 0.3) is 0 Å². The smallest absolute Gasteiger partial charge is 0.338 e. The van der Waals surface area contributed by atoms with Gasteiger partial charge in [-0.1, -0.05) is 26.1 Å². The van der Waals surface area contributed by atoms with E-state index in [1.165, 1.54) is 0 Å². The Morgan fingerprint density at radius 2 is 2.05 bits per heavy atom. The zero-order valence-corrected chi connectivity index (χ0v) is 14.3. The van der Waals surface area contributed by atoms with Gasteiger partial charge in [0.15, 0.2) is 12.1 Å². The van der Waals surface area contributed by atoms with Gasteiger partial charge < -0.3 is 19.3 Å². The monoisotopic (exact) mass is 326 g/mol. The third-order valence-electron chi connectivity index (χ3n) is 3.53. The summed E-state index contributed by atoms with van der Waals surface area (Å²) in [5.74, 6) is -1.42. The number of aryl methyl sites for hydroxylation is 1. The van der Waals surface area contributed by atoms with Crippen molar-refractivity contribution >= 4 is 13.9 Å². The predicted molar refractivity (Wildman–Crippen MR) is 85.2 cm³/mol. The van der Waals surface area contributed by atoms with Crippen molar-refractivity contribution in [2.45, 2.75) is 38.7 Å². The molecular formula is C16H23O5P. The molecule has 5 nitrogen and oxygen atoms in total. The highest BCUT2D eigenvalue weighted by Gasteiger charge is 2.42. The third kappa shape index (κ3) is 4.26. The Labute approximate surface area is 132 Å². The molecule has 1 N–H and O–H groups in total. The lowest BCUT2D eigenvalue weighted by atomic mass is 10.1. The van der Waals surface area contributed by atoms with Crippen molar-refractivity contribution < 1.29 is 24.1 Å². The summed E-state index contributed by atoms with van der Waals surface area (Å²) in [5.41, 5.74) is 1.49. The summed E-state index contributed by atoms with van der Waals surface area (Å²) in [6.07, 6.45) is -0.258. The van der Waals surface area contributed by atoms with E-state index in [9.17, 15) is 9.90 Å². The van der Waals surface area contributed by atoms with Crippen LogP contribution >= 0.6 is 7.92 Å². The molecule has 1 aliphatic rings. The largest absolute Gasteiger partial charge is 0.462 e. The molecule has 3 unspecified atom stereocenters. The summed E-state index contributed by atoms with van der Waals surface area (Å²) in [6, 6.07) is 7.34. The van der Waals surface area contributed by atoms with Gasteiger partial charge in [-0.2, -0.15) is 0 Å². The molecule has 1 fully saturated rings. The van der Waals surface area contributed by atoms with Crippen LogP contribution in [-0.4, -0.2) is 48.4 Å². The van der Waals surface area contributed by atoms with Crippen molar-refractivity contribution in [3.8, 4) is 0 Å². The summed E-state index contributed by atoms with van der Waals surface area (Å²) in [7, 11) is -0.661. The van der Waals surface area contributed by atoms with Crippen LogP contribution in [0, 0.1) is 6.92 Å². The van der Waals surface area contributed by atoms with Crippen LogP contribution < -0.4 is 0 Å². The maximum absolute atomic E-state index is 12.0. The van der Waals surface area contributed by atoms with E-state index in [1.54, 1.807) is 19.9 Å². The first-order chi connectivity index (χ1) is 10.3. The second-order valence-electron chi connectivity index (χ2n) is 5.85. The highest BCUT2D eigenvalue weighted by molar-refractivity contribution is 7.57. The van der Waals surface area contributed by atoms with E-state index in [-0.39, 0.29) is 11.8 Å². The Hall–Kier alpha value is -1.00. The van der Waals surface area contributed by atoms with Crippen molar-refractivity contribution in [1.29, 1.82) is 0 Å². The number of aliphatic hydroxyl groups is 1.